The van der Waals surface area contributed by atoms with E-state index in [2.05, 4.69) is 33.5 Å². The average Bonchev–Trinajstić information content (AvgIpc) is 2.61. The van der Waals surface area contributed by atoms with Crippen LogP contribution in [0.3, 0.4) is 0 Å². The van der Waals surface area contributed by atoms with Gasteiger partial charge in [-0.3, -0.25) is 0 Å². The van der Waals surface area contributed by atoms with Crippen molar-refractivity contribution in [2.75, 3.05) is 0 Å². The third kappa shape index (κ3) is 2.68. The van der Waals surface area contributed by atoms with Gasteiger partial charge in [0.25, 0.3) is 5.17 Å². The Hall–Kier alpha value is -0.245. The van der Waals surface area contributed by atoms with E-state index in [1.807, 2.05) is 0 Å². The lowest BCUT2D eigenvalue weighted by molar-refractivity contribution is 0.140. The minimum absolute atomic E-state index is 0.339. The van der Waals surface area contributed by atoms with Crippen molar-refractivity contribution in [3.63, 3.8) is 0 Å². The Bertz CT molecular complexity index is 323. The van der Waals surface area contributed by atoms with Crippen LogP contribution in [0.5, 0.6) is 0 Å². The van der Waals surface area contributed by atoms with Gasteiger partial charge in [-0.25, -0.2) is 0 Å². The first-order valence-electron chi connectivity index (χ1n) is 7.46. The molecule has 0 amide bonds. The third-order valence-corrected chi connectivity index (χ3v) is 5.28. The van der Waals surface area contributed by atoms with Gasteiger partial charge in [0.05, 0.1) is 6.04 Å². The first-order valence-corrected chi connectivity index (χ1v) is 7.86. The van der Waals surface area contributed by atoms with Gasteiger partial charge in [-0.1, -0.05) is 37.9 Å². The summed E-state index contributed by atoms with van der Waals surface area (Å²) in [7, 11) is 2.43. The van der Waals surface area contributed by atoms with Gasteiger partial charge in [0.15, 0.2) is 0 Å². The van der Waals surface area contributed by atoms with Crippen LogP contribution in [0, 0.1) is 0 Å². The van der Waals surface area contributed by atoms with Gasteiger partial charge < -0.3 is 9.64 Å². The zero-order chi connectivity index (χ0) is 13.3. The SMILES string of the molecule is BC1(CC)CCCC2C(CC1)OC(=S)N2C(C)C. The van der Waals surface area contributed by atoms with Crippen molar-refractivity contribution in [1.82, 2.24) is 4.90 Å². The average molecular weight is 267 g/mol. The van der Waals surface area contributed by atoms with E-state index in [1.165, 1.54) is 38.5 Å². The molecule has 0 aromatic heterocycles. The fourth-order valence-corrected chi connectivity index (χ4v) is 3.93. The van der Waals surface area contributed by atoms with Crippen LogP contribution in [-0.2, 0) is 4.74 Å². The van der Waals surface area contributed by atoms with Gasteiger partial charge >= 0.3 is 0 Å². The summed E-state index contributed by atoms with van der Waals surface area (Å²) in [5.41, 5.74) is 0. The zero-order valence-electron chi connectivity index (χ0n) is 12.2. The maximum Gasteiger partial charge on any atom is 0.260 e. The first kappa shape index (κ1) is 14.2. The van der Waals surface area contributed by atoms with E-state index in [9.17, 15) is 0 Å². The first-order chi connectivity index (χ1) is 8.47. The molecule has 0 radical (unpaired) electrons. The Balaban J connectivity index is 2.09. The van der Waals surface area contributed by atoms with Crippen LogP contribution in [0.15, 0.2) is 0 Å². The number of nitrogens with zero attached hydrogens (tertiary/aromatic N) is 1. The number of fused-ring (bicyclic) bond motifs is 1. The number of ether oxygens (including phenoxy) is 1. The fourth-order valence-electron chi connectivity index (χ4n) is 3.46. The molecule has 1 aliphatic carbocycles. The van der Waals surface area contributed by atoms with Crippen molar-refractivity contribution in [3.8, 4) is 0 Å². The minimum atomic E-state index is 0.339. The van der Waals surface area contributed by atoms with E-state index < -0.39 is 0 Å². The molecule has 2 aliphatic rings. The van der Waals surface area contributed by atoms with Gasteiger partial charge in [0, 0.05) is 6.04 Å². The predicted octanol–water partition coefficient (Wildman–Crippen LogP) is 2.92. The normalized spacial score (nSPS) is 37.1. The fraction of sp³-hybridized carbons (Fsp3) is 0.929. The lowest BCUT2D eigenvalue weighted by Gasteiger charge is -2.36. The standard InChI is InChI=1S/C14H26BNOS/c1-4-14(15)8-5-6-11-12(7-9-14)17-13(18)16(11)10(2)3/h10-12H,4-9,15H2,1-3H3. The van der Waals surface area contributed by atoms with Crippen molar-refractivity contribution in [1.29, 1.82) is 0 Å². The van der Waals surface area contributed by atoms with Gasteiger partial charge in [-0.2, -0.15) is 0 Å². The van der Waals surface area contributed by atoms with E-state index in [1.54, 1.807) is 0 Å². The highest BCUT2D eigenvalue weighted by Crippen LogP contribution is 2.43. The van der Waals surface area contributed by atoms with Gasteiger partial charge in [0.1, 0.15) is 14.0 Å². The molecular formula is C14H26BNOS. The van der Waals surface area contributed by atoms with Gasteiger partial charge in [-0.05, 0) is 38.9 Å². The lowest BCUT2D eigenvalue weighted by Crippen LogP contribution is -2.42. The van der Waals surface area contributed by atoms with Gasteiger partial charge in [-0.15, -0.1) is 0 Å². The van der Waals surface area contributed by atoms with Crippen molar-refractivity contribution >= 4 is 25.2 Å². The largest absolute Gasteiger partial charge is 0.465 e. The van der Waals surface area contributed by atoms with Crippen LogP contribution in [0.4, 0.5) is 0 Å². The Morgan fingerprint density at radius 1 is 1.44 bits per heavy atom. The van der Waals surface area contributed by atoms with Gasteiger partial charge in [0.2, 0.25) is 0 Å². The second kappa shape index (κ2) is 5.40. The molecule has 1 saturated heterocycles. The molecule has 2 fully saturated rings. The Morgan fingerprint density at radius 2 is 2.17 bits per heavy atom. The molecule has 0 aromatic carbocycles. The molecule has 3 atom stereocenters. The van der Waals surface area contributed by atoms with E-state index in [4.69, 9.17) is 17.0 Å². The summed E-state index contributed by atoms with van der Waals surface area (Å²) in [6.07, 6.45) is 7.96. The number of hydrogen-bond acceptors (Lipinski definition) is 2. The zero-order valence-corrected chi connectivity index (χ0v) is 13.1. The molecule has 0 spiro atoms. The quantitative estimate of drug-likeness (QED) is 0.564. The minimum Gasteiger partial charge on any atom is -0.465 e. The maximum absolute atomic E-state index is 5.97. The second-order valence-corrected chi connectivity index (χ2v) is 6.93. The number of rotatable bonds is 2. The highest BCUT2D eigenvalue weighted by Gasteiger charge is 2.42. The van der Waals surface area contributed by atoms with Crippen molar-refractivity contribution in [2.24, 2.45) is 0 Å². The summed E-state index contributed by atoms with van der Waals surface area (Å²) in [6.45, 7) is 6.75. The van der Waals surface area contributed by atoms with Crippen molar-refractivity contribution in [2.45, 2.75) is 82.8 Å². The molecule has 1 aliphatic heterocycles. The van der Waals surface area contributed by atoms with Crippen LogP contribution in [0.25, 0.3) is 0 Å². The Labute approximate surface area is 118 Å². The maximum atomic E-state index is 5.97. The van der Waals surface area contributed by atoms with Crippen LogP contribution in [-0.4, -0.2) is 36.1 Å². The van der Waals surface area contributed by atoms with Crippen LogP contribution in [0.2, 0.25) is 5.31 Å². The molecule has 1 saturated carbocycles. The smallest absolute Gasteiger partial charge is 0.260 e. The lowest BCUT2D eigenvalue weighted by atomic mass is 9.60. The molecule has 2 nitrogen and oxygen atoms in total. The van der Waals surface area contributed by atoms with E-state index in [0.717, 1.165) is 5.17 Å². The molecule has 0 bridgehead atoms. The summed E-state index contributed by atoms with van der Waals surface area (Å²) < 4.78 is 5.97. The topological polar surface area (TPSA) is 12.5 Å². The molecule has 18 heavy (non-hydrogen) atoms. The van der Waals surface area contributed by atoms with Crippen LogP contribution in [0.1, 0.15) is 59.3 Å². The van der Waals surface area contributed by atoms with Crippen molar-refractivity contribution < 1.29 is 4.74 Å². The van der Waals surface area contributed by atoms with E-state index in [0.29, 0.717) is 23.5 Å². The Kier molecular flexibility index (Phi) is 4.25. The predicted molar refractivity (Wildman–Crippen MR) is 82.8 cm³/mol. The molecule has 1 heterocycles. The molecule has 102 valence electrons. The molecule has 0 N–H and O–H groups in total. The Morgan fingerprint density at radius 3 is 2.78 bits per heavy atom. The third-order valence-electron chi connectivity index (χ3n) is 4.97. The van der Waals surface area contributed by atoms with E-state index >= 15 is 0 Å². The molecule has 4 heteroatoms. The summed E-state index contributed by atoms with van der Waals surface area (Å²) >= 11 is 5.41. The molecule has 2 rings (SSSR count). The highest BCUT2D eigenvalue weighted by atomic mass is 32.1. The number of thiocarbonyl (C=S) groups is 1. The number of hydrogen-bond donors (Lipinski definition) is 0. The van der Waals surface area contributed by atoms with Crippen LogP contribution < -0.4 is 0 Å². The summed E-state index contributed by atoms with van der Waals surface area (Å²) in [4.78, 5) is 2.33. The van der Waals surface area contributed by atoms with E-state index in [-0.39, 0.29) is 0 Å². The molecule has 3 unspecified atom stereocenters. The summed E-state index contributed by atoms with van der Waals surface area (Å²) in [5, 5.41) is 1.25. The molecular weight excluding hydrogens is 241 g/mol. The van der Waals surface area contributed by atoms with Crippen LogP contribution >= 0.6 is 12.2 Å². The molecule has 0 aromatic rings. The van der Waals surface area contributed by atoms with Crippen molar-refractivity contribution in [3.05, 3.63) is 0 Å². The monoisotopic (exact) mass is 267 g/mol. The summed E-state index contributed by atoms with van der Waals surface area (Å²) in [5.74, 6) is 0. The highest BCUT2D eigenvalue weighted by molar-refractivity contribution is 7.80. The summed E-state index contributed by atoms with van der Waals surface area (Å²) in [6, 6.07) is 0.989. The second-order valence-electron chi connectivity index (χ2n) is 6.59.